The zero-order valence-corrected chi connectivity index (χ0v) is 68.1. The van der Waals surface area contributed by atoms with Crippen LogP contribution >= 0.6 is 0 Å². The fraction of sp³-hybridized carbons (Fsp3) is 0.917. The maximum absolute atomic E-state index is 12.3. The number of aliphatic hydroxyl groups excluding tert-OH is 2. The van der Waals surface area contributed by atoms with Crippen molar-refractivity contribution in [2.45, 2.75) is 325 Å². The molecule has 111 heavy (non-hydrogen) atoms. The van der Waals surface area contributed by atoms with E-state index in [2.05, 4.69) is 61.5 Å². The second-order valence-corrected chi connectivity index (χ2v) is 47.9. The summed E-state index contributed by atoms with van der Waals surface area (Å²) in [6, 6.07) is 0. The van der Waals surface area contributed by atoms with Gasteiger partial charge in [0.1, 0.15) is 28.4 Å². The van der Waals surface area contributed by atoms with Crippen molar-refractivity contribution in [2.75, 3.05) is 6.61 Å². The molecule has 0 aromatic rings. The van der Waals surface area contributed by atoms with Gasteiger partial charge in [-0.25, -0.2) is 0 Å². The average Bonchev–Trinajstić information content (AvgIpc) is 1.49. The first-order valence-electron chi connectivity index (χ1n) is 46.7. The van der Waals surface area contributed by atoms with Crippen LogP contribution in [0.4, 0.5) is 0 Å². The fourth-order valence-electron chi connectivity index (χ4n) is 40.5. The Morgan fingerprint density at radius 2 is 0.748 bits per heavy atom. The van der Waals surface area contributed by atoms with Crippen LogP contribution in [0, 0.1) is 209 Å². The van der Waals surface area contributed by atoms with Crippen LogP contribution in [-0.4, -0.2) is 118 Å². The minimum absolute atomic E-state index is 0.0229. The highest BCUT2D eigenvalue weighted by Crippen LogP contribution is 2.89. The Kier molecular flexibility index (Phi) is 14.1. The van der Waals surface area contributed by atoms with Crippen molar-refractivity contribution in [3.63, 3.8) is 0 Å². The third-order valence-corrected chi connectivity index (χ3v) is 45.6. The van der Waals surface area contributed by atoms with Gasteiger partial charge < -0.3 is 44.8 Å². The van der Waals surface area contributed by atoms with Crippen LogP contribution in [0.3, 0.4) is 0 Å². The van der Waals surface area contributed by atoms with Gasteiger partial charge in [-0.15, -0.1) is 0 Å². The quantitative estimate of drug-likeness (QED) is 0.114. The van der Waals surface area contributed by atoms with Gasteiger partial charge in [0, 0.05) is 109 Å². The summed E-state index contributed by atoms with van der Waals surface area (Å²) in [7, 11) is 0. The van der Waals surface area contributed by atoms with Crippen LogP contribution in [-0.2, 0) is 43.0 Å². The second-order valence-electron chi connectivity index (χ2n) is 47.9. The Hall–Kier alpha value is -3.08. The molecule has 23 saturated carbocycles. The third-order valence-electron chi connectivity index (χ3n) is 45.6. The minimum Gasteiger partial charge on any atom is -0.458 e. The molecule has 0 amide bonds. The van der Waals surface area contributed by atoms with E-state index in [1.807, 2.05) is 0 Å². The molecule has 606 valence electrons. The van der Waals surface area contributed by atoms with E-state index >= 15 is 0 Å². The molecule has 3 aliphatic heterocycles. The van der Waals surface area contributed by atoms with E-state index in [0.717, 1.165) is 163 Å². The molecular formula is C96H132O15. The molecule has 15 heteroatoms. The van der Waals surface area contributed by atoms with Gasteiger partial charge >= 0.3 is 17.9 Å². The zero-order valence-electron chi connectivity index (χ0n) is 68.1. The van der Waals surface area contributed by atoms with Crippen LogP contribution in [0.2, 0.25) is 0 Å². The van der Waals surface area contributed by atoms with Gasteiger partial charge in [0.15, 0.2) is 5.78 Å². The summed E-state index contributed by atoms with van der Waals surface area (Å²) in [5.41, 5.74) is -1.42. The van der Waals surface area contributed by atoms with Crippen molar-refractivity contribution in [3.8, 4) is 0 Å². The normalized spacial score (nSPS) is 65.0. The first kappa shape index (κ1) is 72.0. The molecule has 3 heterocycles. The number of ketones is 3. The van der Waals surface area contributed by atoms with E-state index < -0.39 is 22.4 Å². The lowest BCUT2D eigenvalue weighted by Gasteiger charge is -2.64. The number of carbonyl (C=O) groups excluding carboxylic acids is 6. The van der Waals surface area contributed by atoms with Crippen molar-refractivity contribution in [3.05, 3.63) is 11.6 Å². The lowest BCUT2D eigenvalue weighted by Crippen LogP contribution is -2.65. The number of hydrogen-bond acceptors (Lipinski definition) is 15. The summed E-state index contributed by atoms with van der Waals surface area (Å²) < 4.78 is 18.6. The molecule has 6 N–H and O–H groups in total. The van der Waals surface area contributed by atoms with Gasteiger partial charge in [-0.05, 0) is 337 Å². The number of aliphatic hydroxyl groups is 6. The zero-order chi connectivity index (χ0) is 76.6. The maximum Gasteiger partial charge on any atom is 0.306 e. The molecule has 0 bridgehead atoms. The van der Waals surface area contributed by atoms with Crippen molar-refractivity contribution in [1.82, 2.24) is 0 Å². The molecular weight excluding hydrogens is 1390 g/mol. The Bertz CT molecular complexity index is 4070. The molecule has 24 aliphatic carbocycles. The summed E-state index contributed by atoms with van der Waals surface area (Å²) >= 11 is 0. The second kappa shape index (κ2) is 21.7. The molecule has 44 atom stereocenters. The molecule has 0 aromatic carbocycles. The lowest BCUT2D eigenvalue weighted by molar-refractivity contribution is -0.237. The standard InChI is InChI=1S/2C24H32O4.C24H38O4.C24H30O3/c2*1-21-6-3-12(25)11-23(21,27)16-9-13(16)19-15(21)4-7-22(2)20(19)14-10-17(14)24(22)8-5-18(26)28-24;1-21-7-4-13(26)12-24(21,28)17-10-14(17)19-16(21)5-8-22(2)20(19)15-11-18(15)23(22,27)6-3-9-25;1-22-6-3-12(25)9-17(22)13-10-14(13)20-16(22)4-7-23(2)21(20)15-11-18(15)24(23)8-5-19(26)27-24/h2*13-17,19-20,27H,3-11H2,1-2H3;13-20,25-28H,3-12H2,1-2H3;9,13-16,18,20-21H,3-8,10-11H2,1-2H3/t2*13-,14+,15?,16+,17-,19?,20?,21+,22-,23+,24-;13-,14-,15+,16?,17+,18-,19?,20?,21+,22-,23-,24+;13-,14+,15-,16?,18+,20?,21?,22-,23+,24+/m0001/s1. The van der Waals surface area contributed by atoms with Crippen LogP contribution in [0.15, 0.2) is 11.6 Å². The Morgan fingerprint density at radius 3 is 1.19 bits per heavy atom. The molecule has 0 aromatic heterocycles. The van der Waals surface area contributed by atoms with E-state index in [4.69, 9.17) is 14.2 Å². The number of hydrogen-bond donors (Lipinski definition) is 6. The maximum atomic E-state index is 12.3. The molecule has 15 nitrogen and oxygen atoms in total. The number of allylic oxidation sites excluding steroid dienone is 1. The molecule has 27 aliphatic rings. The lowest BCUT2D eigenvalue weighted by atomic mass is 9.42. The molecule has 27 rings (SSSR count). The molecule has 26 fully saturated rings. The largest absolute Gasteiger partial charge is 0.458 e. The predicted molar refractivity (Wildman–Crippen MR) is 407 cm³/mol. The van der Waals surface area contributed by atoms with E-state index in [0.29, 0.717) is 188 Å². The summed E-state index contributed by atoms with van der Waals surface area (Å²) in [5, 5.41) is 67.0. The number of Topliss-reactive ketones (excluding diaryl/α,β-unsaturated/α-hetero) is 2. The van der Waals surface area contributed by atoms with Crippen molar-refractivity contribution >= 4 is 35.3 Å². The van der Waals surface area contributed by atoms with E-state index in [1.165, 1.54) is 50.5 Å². The van der Waals surface area contributed by atoms with Crippen LogP contribution < -0.4 is 0 Å². The highest BCUT2D eigenvalue weighted by atomic mass is 16.6. The number of fused-ring (bicyclic) bond motifs is 46. The highest BCUT2D eigenvalue weighted by molar-refractivity contribution is 5.92. The smallest absolute Gasteiger partial charge is 0.306 e. The van der Waals surface area contributed by atoms with E-state index in [-0.39, 0.29) is 102 Å². The van der Waals surface area contributed by atoms with Crippen LogP contribution in [0.1, 0.15) is 280 Å². The fourth-order valence-corrected chi connectivity index (χ4v) is 40.5. The van der Waals surface area contributed by atoms with Gasteiger partial charge in [0.05, 0.1) is 28.5 Å². The number of ether oxygens (including phenoxy) is 3. The third kappa shape index (κ3) is 8.28. The monoisotopic (exact) mass is 1520 g/mol. The number of esters is 3. The first-order chi connectivity index (χ1) is 52.6. The summed E-state index contributed by atoms with van der Waals surface area (Å²) in [4.78, 5) is 73.2. The molecule has 12 unspecified atom stereocenters. The predicted octanol–water partition coefficient (Wildman–Crippen LogP) is 14.0. The first-order valence-corrected chi connectivity index (χ1v) is 46.7. The van der Waals surface area contributed by atoms with Crippen molar-refractivity contribution in [1.29, 1.82) is 0 Å². The number of carbonyl (C=O) groups is 6. The summed E-state index contributed by atoms with van der Waals surface area (Å²) in [6.45, 7) is 19.4. The Balaban J connectivity index is 0.0000000863. The SMILES string of the molecule is C[C@]12CCC(=O)C=C1[C@@H]1C[C@@H]1C1C2CC[C@@]2(C)C1[C@@H]1C[C@@H]1[C@@]21CCC(=O)O1.C[C@]12CCC3C(C1[C@@H]1C[C@@H]1[C@@]2(O)CCCO)[C@H]1C[C@H]1[C@]1(O)C[C@@H](O)CC[C@]31C.C[C@]12CCC3C(C1[C@@H]1C[C@@H]1[C@@]21CCC(=O)O1)[C@H]1C[C@H]1[C@]1(O)CC(=O)CC[C@]31C.C[C@]12CCC3C(C1[C@@H]1C[C@@H]1[C@@]21CCC(=O)O1)[C@H]1C[C@H]1[C@]1(O)CC(=O)CC[C@]31C. The average molecular weight is 1530 g/mol. The topological polar surface area (TPSA) is 251 Å². The summed E-state index contributed by atoms with van der Waals surface area (Å²) in [6.07, 6.45) is 34.6. The van der Waals surface area contributed by atoms with Gasteiger partial charge in [-0.1, -0.05) is 61.0 Å². The Labute approximate surface area is 658 Å². The van der Waals surface area contributed by atoms with Crippen LogP contribution in [0.5, 0.6) is 0 Å². The molecule has 0 radical (unpaired) electrons. The number of rotatable bonds is 3. The van der Waals surface area contributed by atoms with Gasteiger partial charge in [-0.3, -0.25) is 28.8 Å². The molecule has 3 spiro atoms. The minimum atomic E-state index is -0.763. The Morgan fingerprint density at radius 1 is 0.369 bits per heavy atom. The van der Waals surface area contributed by atoms with Gasteiger partial charge in [0.25, 0.3) is 0 Å². The summed E-state index contributed by atoms with van der Waals surface area (Å²) in [5.74, 6) is 18.2. The van der Waals surface area contributed by atoms with Crippen molar-refractivity contribution < 1.29 is 73.6 Å². The van der Waals surface area contributed by atoms with E-state index in [1.54, 1.807) is 0 Å². The van der Waals surface area contributed by atoms with Crippen molar-refractivity contribution in [2.24, 2.45) is 209 Å². The van der Waals surface area contributed by atoms with E-state index in [9.17, 15) is 59.4 Å². The molecule has 3 saturated heterocycles. The highest BCUT2D eigenvalue weighted by Gasteiger charge is 2.88. The van der Waals surface area contributed by atoms with Crippen LogP contribution in [0.25, 0.3) is 0 Å². The van der Waals surface area contributed by atoms with Gasteiger partial charge in [0.2, 0.25) is 0 Å². The van der Waals surface area contributed by atoms with Gasteiger partial charge in [-0.2, -0.15) is 0 Å².